The second-order valence-electron chi connectivity index (χ2n) is 7.95. The molecule has 0 fully saturated rings. The maximum Gasteiger partial charge on any atom is 0.343 e. The minimum atomic E-state index is -1.86. The number of pyridine rings is 2. The van der Waals surface area contributed by atoms with Gasteiger partial charge in [0.1, 0.15) is 6.61 Å². The van der Waals surface area contributed by atoms with Crippen molar-refractivity contribution in [2.75, 3.05) is 6.79 Å². The third-order valence-corrected chi connectivity index (χ3v) is 6.50. The summed E-state index contributed by atoms with van der Waals surface area (Å²) in [6, 6.07) is 5.36. The molecule has 3 aromatic rings. The van der Waals surface area contributed by atoms with E-state index in [2.05, 4.69) is 0 Å². The van der Waals surface area contributed by atoms with Crippen LogP contribution in [0.2, 0.25) is 0 Å². The second-order valence-corrected chi connectivity index (χ2v) is 7.95. The summed E-state index contributed by atoms with van der Waals surface area (Å²) in [6.07, 6.45) is 0.0945. The average Bonchev–Trinajstić information content (AvgIpc) is 3.38. The number of cyclic esters (lactones) is 1. The third-order valence-electron chi connectivity index (χ3n) is 6.50. The molecule has 0 saturated carbocycles. The zero-order valence-corrected chi connectivity index (χ0v) is 19.2. The molecule has 33 heavy (non-hydrogen) atoms. The summed E-state index contributed by atoms with van der Waals surface area (Å²) < 4.78 is 17.7. The van der Waals surface area contributed by atoms with Crippen molar-refractivity contribution in [3.63, 3.8) is 0 Å². The molecule has 3 N–H and O–H groups in total. The molecule has 3 aliphatic rings. The number of carbonyl (C=O) groups is 1. The van der Waals surface area contributed by atoms with Gasteiger partial charge < -0.3 is 29.6 Å². The lowest BCUT2D eigenvalue weighted by Crippen LogP contribution is -2.44. The lowest BCUT2D eigenvalue weighted by Gasteiger charge is -2.31. The first-order chi connectivity index (χ1) is 15.0. The molecule has 1 aromatic carbocycles. The van der Waals surface area contributed by atoms with Crippen molar-refractivity contribution in [3.8, 4) is 22.9 Å². The van der Waals surface area contributed by atoms with Crippen molar-refractivity contribution >= 4 is 41.7 Å². The van der Waals surface area contributed by atoms with E-state index in [1.807, 2.05) is 6.07 Å². The van der Waals surface area contributed by atoms with E-state index in [1.165, 1.54) is 0 Å². The Labute approximate surface area is 200 Å². The minimum Gasteiger partial charge on any atom is -0.458 e. The lowest BCUT2D eigenvalue weighted by atomic mass is 9.86. The van der Waals surface area contributed by atoms with Crippen LogP contribution in [-0.4, -0.2) is 27.4 Å². The normalized spacial score (nSPS) is 19.2. The zero-order chi connectivity index (χ0) is 21.5. The van der Waals surface area contributed by atoms with Crippen molar-refractivity contribution in [1.82, 2.24) is 9.55 Å². The van der Waals surface area contributed by atoms with Gasteiger partial charge in [-0.3, -0.25) is 4.79 Å². The standard InChI is InChI=1S/C22H19N3O6.2ClH/c1-2-22(28)14-4-16-19-12(7-25(16)20(26)13(14)8-29-21(22)27)11(6-23)10-3-17-18(31-9-30-17)5-15(10)24-19;;/h3-5,28H,2,6-9,23H2,1H3;2*1H/t22-;;/m0../s1. The topological polar surface area (TPSA) is 126 Å². The fourth-order valence-corrected chi connectivity index (χ4v) is 4.79. The number of aromatic nitrogens is 2. The maximum atomic E-state index is 13.3. The molecule has 6 rings (SSSR count). The largest absolute Gasteiger partial charge is 0.458 e. The molecule has 5 heterocycles. The highest BCUT2D eigenvalue weighted by Crippen LogP contribution is 2.42. The van der Waals surface area contributed by atoms with Gasteiger partial charge in [-0.05, 0) is 24.1 Å². The highest BCUT2D eigenvalue weighted by Gasteiger charge is 2.45. The Morgan fingerprint density at radius 3 is 2.55 bits per heavy atom. The van der Waals surface area contributed by atoms with Crippen LogP contribution in [0.3, 0.4) is 0 Å². The number of ether oxygens (including phenoxy) is 3. The molecule has 174 valence electrons. The van der Waals surface area contributed by atoms with E-state index < -0.39 is 11.6 Å². The fraction of sp³-hybridized carbons (Fsp3) is 0.318. The highest BCUT2D eigenvalue weighted by molar-refractivity contribution is 5.91. The molecule has 0 unspecified atom stereocenters. The van der Waals surface area contributed by atoms with Gasteiger partial charge in [-0.25, -0.2) is 9.78 Å². The van der Waals surface area contributed by atoms with Crippen LogP contribution in [-0.2, 0) is 34.8 Å². The number of fused-ring (bicyclic) bond motifs is 6. The Morgan fingerprint density at radius 1 is 1.12 bits per heavy atom. The molecule has 0 bridgehead atoms. The first-order valence-corrected chi connectivity index (χ1v) is 10.1. The van der Waals surface area contributed by atoms with Crippen molar-refractivity contribution in [2.24, 2.45) is 5.73 Å². The van der Waals surface area contributed by atoms with E-state index in [4.69, 9.17) is 24.9 Å². The molecule has 2 aromatic heterocycles. The number of aliphatic hydroxyl groups is 1. The molecule has 0 spiro atoms. The van der Waals surface area contributed by atoms with Gasteiger partial charge in [0, 0.05) is 29.1 Å². The Bertz CT molecular complexity index is 1390. The maximum absolute atomic E-state index is 13.3. The van der Waals surface area contributed by atoms with Gasteiger partial charge >= 0.3 is 5.97 Å². The van der Waals surface area contributed by atoms with Gasteiger partial charge in [0.25, 0.3) is 5.56 Å². The van der Waals surface area contributed by atoms with E-state index in [0.29, 0.717) is 40.5 Å². The Morgan fingerprint density at radius 2 is 1.85 bits per heavy atom. The number of hydrogen-bond donors (Lipinski definition) is 2. The molecule has 3 aliphatic heterocycles. The predicted octanol–water partition coefficient (Wildman–Crippen LogP) is 2.11. The summed E-state index contributed by atoms with van der Waals surface area (Å²) in [5, 5.41) is 11.8. The monoisotopic (exact) mass is 493 g/mol. The van der Waals surface area contributed by atoms with E-state index in [9.17, 15) is 14.7 Å². The molecule has 9 nitrogen and oxygen atoms in total. The number of nitrogens with zero attached hydrogens (tertiary/aromatic N) is 2. The van der Waals surface area contributed by atoms with Crippen LogP contribution >= 0.6 is 24.8 Å². The fourth-order valence-electron chi connectivity index (χ4n) is 4.79. The predicted molar refractivity (Wildman–Crippen MR) is 123 cm³/mol. The van der Waals surface area contributed by atoms with E-state index >= 15 is 0 Å². The summed E-state index contributed by atoms with van der Waals surface area (Å²) >= 11 is 0. The summed E-state index contributed by atoms with van der Waals surface area (Å²) in [7, 11) is 0. The Kier molecular flexibility index (Phi) is 5.57. The summed E-state index contributed by atoms with van der Waals surface area (Å²) in [5.41, 5.74) is 8.10. The van der Waals surface area contributed by atoms with E-state index in [-0.39, 0.29) is 62.3 Å². The van der Waals surface area contributed by atoms with Crippen molar-refractivity contribution in [2.45, 2.75) is 38.6 Å². The Hall–Kier alpha value is -2.85. The van der Waals surface area contributed by atoms with Crippen LogP contribution in [0.4, 0.5) is 0 Å². The van der Waals surface area contributed by atoms with Gasteiger partial charge in [-0.15, -0.1) is 24.8 Å². The summed E-state index contributed by atoms with van der Waals surface area (Å²) in [6.45, 7) is 2.23. The number of nitrogens with two attached hydrogens (primary N) is 1. The number of rotatable bonds is 2. The number of hydrogen-bond acceptors (Lipinski definition) is 8. The first-order valence-electron chi connectivity index (χ1n) is 10.1. The summed E-state index contributed by atoms with van der Waals surface area (Å²) in [4.78, 5) is 30.4. The molecule has 11 heteroatoms. The molecular weight excluding hydrogens is 473 g/mol. The molecule has 1 atom stereocenters. The zero-order valence-electron chi connectivity index (χ0n) is 17.5. The van der Waals surface area contributed by atoms with Crippen LogP contribution in [0.25, 0.3) is 22.3 Å². The average molecular weight is 494 g/mol. The number of esters is 1. The van der Waals surface area contributed by atoms with Crippen molar-refractivity contribution in [3.05, 3.63) is 50.8 Å². The smallest absolute Gasteiger partial charge is 0.343 e. The third kappa shape index (κ3) is 2.96. The van der Waals surface area contributed by atoms with Crippen molar-refractivity contribution in [1.29, 1.82) is 0 Å². The SMILES string of the molecule is CC[C@@]1(O)C(=O)OCc2c1cc1n(c2=O)Cc2c-1nc1cc3c(cc1c2CN)OCO3.Cl.Cl. The van der Waals surface area contributed by atoms with Crippen LogP contribution in [0, 0.1) is 0 Å². The summed E-state index contributed by atoms with van der Waals surface area (Å²) in [5.74, 6) is 0.495. The van der Waals surface area contributed by atoms with Crippen LogP contribution < -0.4 is 20.8 Å². The van der Waals surface area contributed by atoms with Crippen LogP contribution in [0.15, 0.2) is 23.0 Å². The Balaban J connectivity index is 0.00000130. The van der Waals surface area contributed by atoms with Crippen molar-refractivity contribution < 1.29 is 24.1 Å². The molecule has 0 radical (unpaired) electrons. The van der Waals surface area contributed by atoms with Crippen LogP contribution in [0.5, 0.6) is 11.5 Å². The quantitative estimate of drug-likeness (QED) is 0.406. The molecule has 0 saturated heterocycles. The number of carbonyl (C=O) groups excluding carboxylic acids is 1. The van der Waals surface area contributed by atoms with Gasteiger partial charge in [-0.1, -0.05) is 6.92 Å². The highest BCUT2D eigenvalue weighted by atomic mass is 35.5. The lowest BCUT2D eigenvalue weighted by molar-refractivity contribution is -0.172. The minimum absolute atomic E-state index is 0. The van der Waals surface area contributed by atoms with Gasteiger partial charge in [0.2, 0.25) is 6.79 Å². The van der Waals surface area contributed by atoms with Gasteiger partial charge in [-0.2, -0.15) is 0 Å². The van der Waals surface area contributed by atoms with Crippen LogP contribution in [0.1, 0.15) is 35.6 Å². The number of benzene rings is 1. The number of halogens is 2. The molecule has 0 aliphatic carbocycles. The molecular formula is C22H21Cl2N3O6. The van der Waals surface area contributed by atoms with E-state index in [1.54, 1.807) is 23.6 Å². The van der Waals surface area contributed by atoms with Gasteiger partial charge in [0.05, 0.1) is 29.0 Å². The first kappa shape index (κ1) is 23.3. The second kappa shape index (κ2) is 7.88. The van der Waals surface area contributed by atoms with E-state index in [0.717, 1.165) is 16.5 Å². The molecule has 0 amide bonds. The van der Waals surface area contributed by atoms with Gasteiger partial charge in [0.15, 0.2) is 17.1 Å².